The lowest BCUT2D eigenvalue weighted by atomic mass is 9.86. The summed E-state index contributed by atoms with van der Waals surface area (Å²) in [6, 6.07) is 6.87. The molecule has 6 rings (SSSR count). The van der Waals surface area contributed by atoms with Gasteiger partial charge in [0.2, 0.25) is 0 Å². The lowest BCUT2D eigenvalue weighted by Gasteiger charge is -2.38. The molecule has 3 aromatic rings. The summed E-state index contributed by atoms with van der Waals surface area (Å²) in [5.41, 5.74) is 7.35. The summed E-state index contributed by atoms with van der Waals surface area (Å²) in [5.74, 6) is 1.79. The minimum atomic E-state index is 0.157. The quantitative estimate of drug-likeness (QED) is 0.607. The number of aldehydes is 1. The number of benzene rings is 1. The predicted octanol–water partition coefficient (Wildman–Crippen LogP) is 3.20. The van der Waals surface area contributed by atoms with Crippen molar-refractivity contribution in [3.63, 3.8) is 0 Å². The van der Waals surface area contributed by atoms with Crippen LogP contribution in [-0.4, -0.2) is 64.0 Å². The van der Waals surface area contributed by atoms with Gasteiger partial charge in [-0.3, -0.25) is 14.7 Å². The van der Waals surface area contributed by atoms with Gasteiger partial charge >= 0.3 is 0 Å². The van der Waals surface area contributed by atoms with Gasteiger partial charge in [-0.25, -0.2) is 0 Å². The Morgan fingerprint density at radius 1 is 1.30 bits per heavy atom. The molecule has 8 nitrogen and oxygen atoms in total. The van der Waals surface area contributed by atoms with Gasteiger partial charge in [-0.05, 0) is 29.7 Å². The second-order valence-electron chi connectivity index (χ2n) is 9.61. The van der Waals surface area contributed by atoms with Gasteiger partial charge in [0.15, 0.2) is 5.82 Å². The molecule has 1 aromatic carbocycles. The maximum atomic E-state index is 11.5. The molecule has 3 atom stereocenters. The van der Waals surface area contributed by atoms with Crippen molar-refractivity contribution in [3.05, 3.63) is 47.4 Å². The van der Waals surface area contributed by atoms with Gasteiger partial charge in [0.05, 0.1) is 19.3 Å². The van der Waals surface area contributed by atoms with Crippen LogP contribution in [0.1, 0.15) is 42.1 Å². The zero-order chi connectivity index (χ0) is 22.5. The van der Waals surface area contributed by atoms with Crippen LogP contribution in [-0.2, 0) is 23.0 Å². The monoisotopic (exact) mass is 446 g/mol. The number of carbonyl (C=O) groups is 1. The molecule has 0 aliphatic carbocycles. The van der Waals surface area contributed by atoms with E-state index >= 15 is 0 Å². The van der Waals surface area contributed by atoms with Gasteiger partial charge in [0.25, 0.3) is 0 Å². The van der Waals surface area contributed by atoms with Crippen molar-refractivity contribution < 1.29 is 9.53 Å². The highest BCUT2D eigenvalue weighted by molar-refractivity contribution is 5.76. The number of anilines is 2. The van der Waals surface area contributed by atoms with Crippen molar-refractivity contribution in [3.8, 4) is 11.1 Å². The van der Waals surface area contributed by atoms with E-state index in [4.69, 9.17) is 9.84 Å². The summed E-state index contributed by atoms with van der Waals surface area (Å²) in [4.78, 5) is 16.2. The minimum Gasteiger partial charge on any atom is -0.381 e. The summed E-state index contributed by atoms with van der Waals surface area (Å²) in [5, 5.41) is 12.5. The van der Waals surface area contributed by atoms with E-state index in [-0.39, 0.29) is 6.04 Å². The van der Waals surface area contributed by atoms with Crippen LogP contribution in [0.2, 0.25) is 0 Å². The zero-order valence-electron chi connectivity index (χ0n) is 19.2. The third kappa shape index (κ3) is 3.40. The van der Waals surface area contributed by atoms with Gasteiger partial charge in [0, 0.05) is 79.7 Å². The topological polar surface area (TPSA) is 79.3 Å². The maximum absolute atomic E-state index is 11.5. The Kier molecular flexibility index (Phi) is 5.07. The van der Waals surface area contributed by atoms with E-state index in [0.717, 1.165) is 56.8 Å². The highest BCUT2D eigenvalue weighted by atomic mass is 16.5. The standard InChI is InChI=1S/C25H30N6O2/c1-16-13-31(22-4-3-17(11-20(16)22)19-12-26-29(2)14-19)25-23-21(27-28-25)5-7-30(8-9-32)24(23)18-6-10-33-15-18/h3-4,9,11-12,14,16,18,24H,5-8,10,13,15H2,1-2H3,(H,27,28). The van der Waals surface area contributed by atoms with Gasteiger partial charge < -0.3 is 14.4 Å². The number of hydrogen-bond acceptors (Lipinski definition) is 6. The molecule has 0 amide bonds. The number of H-pyrrole nitrogens is 1. The summed E-state index contributed by atoms with van der Waals surface area (Å²) in [6.45, 7) is 6.03. The van der Waals surface area contributed by atoms with Crippen LogP contribution in [0.5, 0.6) is 0 Å². The number of aryl methyl sites for hydroxylation is 1. The van der Waals surface area contributed by atoms with Crippen LogP contribution in [0.4, 0.5) is 11.5 Å². The lowest BCUT2D eigenvalue weighted by Crippen LogP contribution is -2.41. The molecule has 33 heavy (non-hydrogen) atoms. The Morgan fingerprint density at radius 2 is 2.21 bits per heavy atom. The molecule has 2 aromatic heterocycles. The Morgan fingerprint density at radius 3 is 2.97 bits per heavy atom. The smallest absolute Gasteiger partial charge is 0.159 e. The van der Waals surface area contributed by atoms with Crippen LogP contribution in [0, 0.1) is 5.92 Å². The van der Waals surface area contributed by atoms with Gasteiger partial charge in [-0.2, -0.15) is 10.2 Å². The Hall–Kier alpha value is -2.97. The molecular weight excluding hydrogens is 416 g/mol. The number of nitrogens with zero attached hydrogens (tertiary/aromatic N) is 5. The molecule has 172 valence electrons. The highest BCUT2D eigenvalue weighted by Crippen LogP contribution is 2.48. The van der Waals surface area contributed by atoms with E-state index in [0.29, 0.717) is 18.4 Å². The third-order valence-electron chi connectivity index (χ3n) is 7.52. The number of nitrogens with one attached hydrogen (secondary N) is 1. The zero-order valence-corrected chi connectivity index (χ0v) is 19.2. The number of hydrogen-bond donors (Lipinski definition) is 1. The molecule has 1 N–H and O–H groups in total. The molecule has 0 spiro atoms. The van der Waals surface area contributed by atoms with Crippen LogP contribution in [0.25, 0.3) is 11.1 Å². The highest BCUT2D eigenvalue weighted by Gasteiger charge is 2.41. The first kappa shape index (κ1) is 20.6. The Bertz CT molecular complexity index is 1180. The number of rotatable bonds is 5. The van der Waals surface area contributed by atoms with Gasteiger partial charge in [0.1, 0.15) is 6.29 Å². The summed E-state index contributed by atoms with van der Waals surface area (Å²) in [7, 11) is 1.95. The molecule has 5 heterocycles. The SMILES string of the molecule is CC1CN(c2n[nH]c3c2C(C2CCOC2)N(CC=O)CC3)c2ccc(-c3cnn(C)c3)cc21. The average Bonchev–Trinajstić information content (AvgIpc) is 3.61. The molecule has 0 radical (unpaired) electrons. The van der Waals surface area contributed by atoms with Crippen molar-refractivity contribution in [1.29, 1.82) is 0 Å². The first-order chi connectivity index (χ1) is 16.1. The maximum Gasteiger partial charge on any atom is 0.159 e. The largest absolute Gasteiger partial charge is 0.381 e. The molecule has 3 aliphatic heterocycles. The number of ether oxygens (including phenoxy) is 1. The fraction of sp³-hybridized carbons (Fsp3) is 0.480. The van der Waals surface area contributed by atoms with E-state index in [2.05, 4.69) is 51.3 Å². The van der Waals surface area contributed by atoms with Crippen LogP contribution in [0.3, 0.4) is 0 Å². The summed E-state index contributed by atoms with van der Waals surface area (Å²) in [6.07, 6.45) is 6.90. The summed E-state index contributed by atoms with van der Waals surface area (Å²) < 4.78 is 7.60. The number of aromatic amines is 1. The average molecular weight is 447 g/mol. The molecule has 3 unspecified atom stereocenters. The van der Waals surface area contributed by atoms with Gasteiger partial charge in [-0.1, -0.05) is 13.0 Å². The molecule has 3 aliphatic rings. The van der Waals surface area contributed by atoms with Gasteiger partial charge in [-0.15, -0.1) is 0 Å². The molecule has 1 fully saturated rings. The number of aromatic nitrogens is 4. The summed E-state index contributed by atoms with van der Waals surface area (Å²) >= 11 is 0. The fourth-order valence-corrected chi connectivity index (χ4v) is 5.91. The van der Waals surface area contributed by atoms with Crippen LogP contribution >= 0.6 is 0 Å². The molecule has 8 heteroatoms. The van der Waals surface area contributed by atoms with Crippen molar-refractivity contribution in [2.24, 2.45) is 13.0 Å². The van der Waals surface area contributed by atoms with Crippen LogP contribution in [0.15, 0.2) is 30.6 Å². The van der Waals surface area contributed by atoms with E-state index in [9.17, 15) is 4.79 Å². The third-order valence-corrected chi connectivity index (χ3v) is 7.52. The van der Waals surface area contributed by atoms with Crippen molar-refractivity contribution >= 4 is 17.8 Å². The van der Waals surface area contributed by atoms with E-state index in [1.54, 1.807) is 0 Å². The van der Waals surface area contributed by atoms with E-state index < -0.39 is 0 Å². The second-order valence-corrected chi connectivity index (χ2v) is 9.61. The second kappa shape index (κ2) is 8.11. The first-order valence-electron chi connectivity index (χ1n) is 11.9. The first-order valence-corrected chi connectivity index (χ1v) is 11.9. The van der Waals surface area contributed by atoms with Crippen molar-refractivity contribution in [2.75, 3.05) is 37.7 Å². The van der Waals surface area contributed by atoms with E-state index in [1.165, 1.54) is 28.1 Å². The minimum absolute atomic E-state index is 0.157. The predicted molar refractivity (Wildman–Crippen MR) is 126 cm³/mol. The molecule has 0 bridgehead atoms. The number of carbonyl (C=O) groups excluding carboxylic acids is 1. The molecular formula is C25H30N6O2. The van der Waals surface area contributed by atoms with Crippen LogP contribution < -0.4 is 4.90 Å². The molecule has 0 saturated carbocycles. The van der Waals surface area contributed by atoms with E-state index in [1.807, 2.05) is 17.9 Å². The Balaban J connectivity index is 1.40. The fourth-order valence-electron chi connectivity index (χ4n) is 5.91. The van der Waals surface area contributed by atoms with Crippen molar-refractivity contribution in [2.45, 2.75) is 31.7 Å². The van der Waals surface area contributed by atoms with Crippen molar-refractivity contribution in [1.82, 2.24) is 24.9 Å². The normalized spacial score (nSPS) is 24.8. The molecule has 1 saturated heterocycles. The Labute approximate surface area is 193 Å². The number of fused-ring (bicyclic) bond motifs is 2. The lowest BCUT2D eigenvalue weighted by molar-refractivity contribution is -0.109.